The van der Waals surface area contributed by atoms with Gasteiger partial charge in [-0.05, 0) is 36.5 Å². The number of anilines is 1. The number of H-pyrrole nitrogens is 1. The van der Waals surface area contributed by atoms with Crippen molar-refractivity contribution in [1.29, 1.82) is 0 Å². The molecule has 2 unspecified atom stereocenters. The van der Waals surface area contributed by atoms with Gasteiger partial charge in [0.25, 0.3) is 0 Å². The highest BCUT2D eigenvalue weighted by molar-refractivity contribution is 7.89. The van der Waals surface area contributed by atoms with Gasteiger partial charge < -0.3 is 10.7 Å². The lowest BCUT2D eigenvalue weighted by Gasteiger charge is -2.05. The Hall–Kier alpha value is -1.53. The molecule has 2 atom stereocenters. The van der Waals surface area contributed by atoms with Crippen LogP contribution in [0.3, 0.4) is 0 Å². The van der Waals surface area contributed by atoms with Crippen LogP contribution in [-0.2, 0) is 10.0 Å². The van der Waals surface area contributed by atoms with E-state index in [2.05, 4.69) is 16.6 Å². The maximum atomic E-state index is 12.3. The summed E-state index contributed by atoms with van der Waals surface area (Å²) in [7, 11) is -3.48. The molecule has 1 aliphatic carbocycles. The normalized spacial score (nSPS) is 22.8. The number of nitrogens with one attached hydrogen (secondary N) is 2. The van der Waals surface area contributed by atoms with E-state index in [-0.39, 0.29) is 4.90 Å². The van der Waals surface area contributed by atoms with Gasteiger partial charge in [-0.2, -0.15) is 0 Å². The molecule has 2 aromatic rings. The number of aromatic nitrogens is 1. The van der Waals surface area contributed by atoms with Crippen molar-refractivity contribution in [1.82, 2.24) is 9.71 Å². The number of hydrogen-bond donors (Lipinski definition) is 3. The fraction of sp³-hybridized carbons (Fsp3) is 0.385. The van der Waals surface area contributed by atoms with Gasteiger partial charge in [-0.3, -0.25) is 0 Å². The van der Waals surface area contributed by atoms with Crippen molar-refractivity contribution >= 4 is 26.6 Å². The molecule has 0 radical (unpaired) electrons. The number of nitrogens with two attached hydrogens (primary N) is 1. The van der Waals surface area contributed by atoms with Crippen LogP contribution in [0.5, 0.6) is 0 Å². The van der Waals surface area contributed by atoms with E-state index < -0.39 is 10.0 Å². The number of hydrogen-bond acceptors (Lipinski definition) is 3. The lowest BCUT2D eigenvalue weighted by Crippen LogP contribution is -2.26. The lowest BCUT2D eigenvalue weighted by molar-refractivity contribution is 0.575. The minimum atomic E-state index is -3.48. The third-order valence-electron chi connectivity index (χ3n) is 3.77. The highest BCUT2D eigenvalue weighted by atomic mass is 32.2. The predicted octanol–water partition coefficient (Wildman–Crippen LogP) is 1.68. The second-order valence-electron chi connectivity index (χ2n) is 5.28. The van der Waals surface area contributed by atoms with E-state index in [4.69, 9.17) is 5.73 Å². The van der Waals surface area contributed by atoms with Gasteiger partial charge in [0.05, 0.1) is 0 Å². The highest BCUT2D eigenvalue weighted by Crippen LogP contribution is 2.37. The average molecular weight is 279 g/mol. The van der Waals surface area contributed by atoms with Crippen molar-refractivity contribution in [3.8, 4) is 0 Å². The number of sulfonamides is 1. The van der Waals surface area contributed by atoms with Crippen LogP contribution in [0.1, 0.15) is 13.3 Å². The fourth-order valence-electron chi connectivity index (χ4n) is 2.31. The Bertz CT molecular complexity index is 721. The summed E-state index contributed by atoms with van der Waals surface area (Å²) in [5.74, 6) is 1.10. The van der Waals surface area contributed by atoms with Crippen molar-refractivity contribution in [2.45, 2.75) is 18.2 Å². The van der Waals surface area contributed by atoms with Gasteiger partial charge in [0.1, 0.15) is 4.90 Å². The smallest absolute Gasteiger partial charge is 0.242 e. The van der Waals surface area contributed by atoms with Gasteiger partial charge in [0.15, 0.2) is 0 Å². The lowest BCUT2D eigenvalue weighted by atomic mass is 10.2. The Labute approximate surface area is 112 Å². The van der Waals surface area contributed by atoms with Crippen LogP contribution < -0.4 is 10.5 Å². The third kappa shape index (κ3) is 2.33. The molecule has 1 heterocycles. The molecule has 6 heteroatoms. The molecule has 5 nitrogen and oxygen atoms in total. The fourth-order valence-corrected chi connectivity index (χ4v) is 3.57. The first-order chi connectivity index (χ1) is 8.97. The van der Waals surface area contributed by atoms with Crippen LogP contribution in [0.15, 0.2) is 29.3 Å². The third-order valence-corrected chi connectivity index (χ3v) is 5.23. The Balaban J connectivity index is 1.91. The molecule has 19 heavy (non-hydrogen) atoms. The van der Waals surface area contributed by atoms with Crippen LogP contribution in [-0.4, -0.2) is 19.9 Å². The summed E-state index contributed by atoms with van der Waals surface area (Å²) >= 11 is 0. The molecule has 4 N–H and O–H groups in total. The molecule has 1 aliphatic rings. The van der Waals surface area contributed by atoms with Crippen LogP contribution in [0.2, 0.25) is 0 Å². The van der Waals surface area contributed by atoms with Gasteiger partial charge in [0.2, 0.25) is 10.0 Å². The second kappa shape index (κ2) is 4.25. The zero-order valence-corrected chi connectivity index (χ0v) is 11.5. The summed E-state index contributed by atoms with van der Waals surface area (Å²) in [6.45, 7) is 2.64. The maximum absolute atomic E-state index is 12.3. The molecule has 0 bridgehead atoms. The molecule has 1 aromatic carbocycles. The number of aromatic amines is 1. The van der Waals surface area contributed by atoms with Crippen molar-refractivity contribution in [3.63, 3.8) is 0 Å². The topological polar surface area (TPSA) is 88.0 Å². The zero-order valence-electron chi connectivity index (χ0n) is 10.7. The van der Waals surface area contributed by atoms with E-state index in [0.717, 1.165) is 11.9 Å². The van der Waals surface area contributed by atoms with E-state index in [1.807, 2.05) is 0 Å². The van der Waals surface area contributed by atoms with E-state index >= 15 is 0 Å². The SMILES string of the molecule is CC1CC1CNS(=O)(=O)c1c[nH]c2ccc(N)cc12. The molecule has 0 aliphatic heterocycles. The molecule has 1 fully saturated rings. The summed E-state index contributed by atoms with van der Waals surface area (Å²) < 4.78 is 27.2. The number of fused-ring (bicyclic) bond motifs is 1. The van der Waals surface area contributed by atoms with Crippen LogP contribution >= 0.6 is 0 Å². The van der Waals surface area contributed by atoms with Gasteiger partial charge >= 0.3 is 0 Å². The maximum Gasteiger partial charge on any atom is 0.242 e. The van der Waals surface area contributed by atoms with Crippen molar-refractivity contribution in [3.05, 3.63) is 24.4 Å². The number of nitrogen functional groups attached to an aromatic ring is 1. The summed E-state index contributed by atoms with van der Waals surface area (Å²) in [6, 6.07) is 5.21. The quantitative estimate of drug-likeness (QED) is 0.744. The molecule has 0 saturated heterocycles. The minimum Gasteiger partial charge on any atom is -0.399 e. The molecular formula is C13H17N3O2S. The second-order valence-corrected chi connectivity index (χ2v) is 7.02. The summed E-state index contributed by atoms with van der Waals surface area (Å²) in [5.41, 5.74) is 7.04. The largest absolute Gasteiger partial charge is 0.399 e. The molecular weight excluding hydrogens is 262 g/mol. The van der Waals surface area contributed by atoms with Crippen LogP contribution in [0, 0.1) is 11.8 Å². The van der Waals surface area contributed by atoms with Crippen molar-refractivity contribution in [2.24, 2.45) is 11.8 Å². The summed E-state index contributed by atoms with van der Waals surface area (Å²) in [5, 5.41) is 0.636. The Kier molecular flexibility index (Phi) is 2.79. The molecule has 102 valence electrons. The van der Waals surface area contributed by atoms with Crippen LogP contribution in [0.25, 0.3) is 10.9 Å². The predicted molar refractivity (Wildman–Crippen MR) is 75.2 cm³/mol. The van der Waals surface area contributed by atoms with E-state index in [1.165, 1.54) is 6.20 Å². The van der Waals surface area contributed by atoms with Gasteiger partial charge in [-0.1, -0.05) is 6.92 Å². The van der Waals surface area contributed by atoms with Crippen LogP contribution in [0.4, 0.5) is 5.69 Å². The zero-order chi connectivity index (χ0) is 13.6. The summed E-state index contributed by atoms with van der Waals surface area (Å²) in [4.78, 5) is 3.23. The molecule has 0 amide bonds. The number of benzene rings is 1. The first-order valence-corrected chi connectivity index (χ1v) is 7.82. The Morgan fingerprint density at radius 2 is 2.21 bits per heavy atom. The summed E-state index contributed by atoms with van der Waals surface area (Å²) in [6.07, 6.45) is 2.62. The van der Waals surface area contributed by atoms with E-state index in [1.54, 1.807) is 18.2 Å². The molecule has 3 rings (SSSR count). The monoisotopic (exact) mass is 279 g/mol. The standard InChI is InChI=1S/C13H17N3O2S/c1-8-4-9(8)6-16-19(17,18)13-7-15-12-3-2-10(14)5-11(12)13/h2-3,5,7-9,15-16H,4,6,14H2,1H3. The first-order valence-electron chi connectivity index (χ1n) is 6.33. The molecule has 1 aromatic heterocycles. The van der Waals surface area contributed by atoms with Crippen molar-refractivity contribution < 1.29 is 8.42 Å². The van der Waals surface area contributed by atoms with E-state index in [0.29, 0.717) is 29.5 Å². The van der Waals surface area contributed by atoms with Crippen molar-refractivity contribution in [2.75, 3.05) is 12.3 Å². The van der Waals surface area contributed by atoms with E-state index in [9.17, 15) is 8.42 Å². The highest BCUT2D eigenvalue weighted by Gasteiger charge is 2.33. The Morgan fingerprint density at radius 3 is 2.89 bits per heavy atom. The molecule has 0 spiro atoms. The van der Waals surface area contributed by atoms with Gasteiger partial charge in [-0.15, -0.1) is 0 Å². The first kappa shape index (κ1) is 12.5. The average Bonchev–Trinajstić information content (AvgIpc) is 2.88. The molecule has 1 saturated carbocycles. The van der Waals surface area contributed by atoms with Gasteiger partial charge in [0, 0.05) is 29.3 Å². The number of rotatable bonds is 4. The Morgan fingerprint density at radius 1 is 1.47 bits per heavy atom. The minimum absolute atomic E-state index is 0.267. The van der Waals surface area contributed by atoms with Gasteiger partial charge in [-0.25, -0.2) is 13.1 Å².